The number of piperidine rings is 1. The number of nitrogens with two attached hydrogens (primary N) is 1. The number of carbonyl (C=O) groups excluding carboxylic acids is 2. The zero-order chi connectivity index (χ0) is 16.7. The molecule has 6 nitrogen and oxygen atoms in total. The highest BCUT2D eigenvalue weighted by atomic mass is 35.5. The van der Waals surface area contributed by atoms with Crippen molar-refractivity contribution in [1.29, 1.82) is 0 Å². The topological polar surface area (TPSA) is 87.5 Å². The van der Waals surface area contributed by atoms with E-state index in [4.69, 9.17) is 17.3 Å². The maximum absolute atomic E-state index is 12.2. The van der Waals surface area contributed by atoms with Crippen molar-refractivity contribution in [1.82, 2.24) is 10.2 Å². The van der Waals surface area contributed by atoms with Crippen LogP contribution in [0.25, 0.3) is 0 Å². The number of para-hydroxylation sites is 1. The van der Waals surface area contributed by atoms with Crippen molar-refractivity contribution < 1.29 is 9.59 Å². The van der Waals surface area contributed by atoms with E-state index in [9.17, 15) is 9.59 Å². The van der Waals surface area contributed by atoms with Gasteiger partial charge in [0, 0.05) is 19.6 Å². The Bertz CT molecular complexity index is 553. The minimum Gasteiger partial charge on any atom is -0.355 e. The number of amides is 2. The summed E-state index contributed by atoms with van der Waals surface area (Å²) >= 11 is 6.03. The molecule has 1 aliphatic heterocycles. The first-order valence-corrected chi connectivity index (χ1v) is 8.22. The van der Waals surface area contributed by atoms with Gasteiger partial charge < -0.3 is 16.4 Å². The Morgan fingerprint density at radius 3 is 2.87 bits per heavy atom. The lowest BCUT2D eigenvalue weighted by Gasteiger charge is -2.31. The van der Waals surface area contributed by atoms with Crippen LogP contribution < -0.4 is 16.4 Å². The van der Waals surface area contributed by atoms with Crippen LogP contribution in [0.2, 0.25) is 5.02 Å². The van der Waals surface area contributed by atoms with E-state index in [2.05, 4.69) is 10.6 Å². The Hall–Kier alpha value is -1.63. The van der Waals surface area contributed by atoms with Gasteiger partial charge in [0.25, 0.3) is 0 Å². The van der Waals surface area contributed by atoms with Gasteiger partial charge in [-0.1, -0.05) is 23.7 Å². The highest BCUT2D eigenvalue weighted by Crippen LogP contribution is 2.21. The monoisotopic (exact) mass is 338 g/mol. The maximum atomic E-state index is 12.2. The molecule has 23 heavy (non-hydrogen) atoms. The van der Waals surface area contributed by atoms with Crippen LogP contribution in [0.3, 0.4) is 0 Å². The summed E-state index contributed by atoms with van der Waals surface area (Å²) in [6.45, 7) is 2.58. The molecule has 0 aliphatic carbocycles. The third-order valence-corrected chi connectivity index (χ3v) is 4.16. The molecule has 1 aromatic carbocycles. The second-order valence-corrected chi connectivity index (χ2v) is 6.09. The van der Waals surface area contributed by atoms with Crippen LogP contribution in [-0.2, 0) is 9.59 Å². The van der Waals surface area contributed by atoms with Crippen molar-refractivity contribution in [2.45, 2.75) is 12.8 Å². The molecule has 0 radical (unpaired) electrons. The molecule has 4 N–H and O–H groups in total. The first kappa shape index (κ1) is 17.7. The van der Waals surface area contributed by atoms with Gasteiger partial charge in [-0.15, -0.1) is 0 Å². The normalized spacial score (nSPS) is 18.4. The molecule has 0 saturated carbocycles. The van der Waals surface area contributed by atoms with Crippen LogP contribution in [0.1, 0.15) is 12.8 Å². The highest BCUT2D eigenvalue weighted by molar-refractivity contribution is 6.33. The third-order valence-electron chi connectivity index (χ3n) is 3.84. The summed E-state index contributed by atoms with van der Waals surface area (Å²) in [5, 5.41) is 6.13. The standard InChI is InChI=1S/C16H23ClN4O2/c17-13-5-1-2-6-14(13)20-15(22)11-21-9-3-4-12(10-21)16(23)19-8-7-18/h1-2,5-6,12H,3-4,7-11,18H2,(H,19,23)(H,20,22). The van der Waals surface area contributed by atoms with Crippen LogP contribution in [0.5, 0.6) is 0 Å². The fourth-order valence-electron chi connectivity index (χ4n) is 2.71. The number of likely N-dealkylation sites (tertiary alicyclic amines) is 1. The Balaban J connectivity index is 1.83. The summed E-state index contributed by atoms with van der Waals surface area (Å²) < 4.78 is 0. The van der Waals surface area contributed by atoms with Crippen LogP contribution in [0.15, 0.2) is 24.3 Å². The van der Waals surface area contributed by atoms with Gasteiger partial charge in [-0.3, -0.25) is 14.5 Å². The molecular formula is C16H23ClN4O2. The Morgan fingerprint density at radius 1 is 1.35 bits per heavy atom. The van der Waals surface area contributed by atoms with E-state index in [1.54, 1.807) is 12.1 Å². The molecule has 1 fully saturated rings. The van der Waals surface area contributed by atoms with Crippen LogP contribution in [-0.4, -0.2) is 49.4 Å². The van der Waals surface area contributed by atoms with Crippen LogP contribution in [0.4, 0.5) is 5.69 Å². The van der Waals surface area contributed by atoms with Gasteiger partial charge in [-0.2, -0.15) is 0 Å². The lowest BCUT2D eigenvalue weighted by molar-refractivity contribution is -0.127. The molecule has 2 amide bonds. The summed E-state index contributed by atoms with van der Waals surface area (Å²) in [5.74, 6) is -0.184. The average molecular weight is 339 g/mol. The molecule has 1 unspecified atom stereocenters. The van der Waals surface area contributed by atoms with Crippen molar-refractivity contribution in [2.75, 3.05) is 38.0 Å². The predicted molar refractivity (Wildman–Crippen MR) is 91.3 cm³/mol. The van der Waals surface area contributed by atoms with Crippen molar-refractivity contribution in [3.63, 3.8) is 0 Å². The smallest absolute Gasteiger partial charge is 0.238 e. The van der Waals surface area contributed by atoms with Crippen LogP contribution >= 0.6 is 11.6 Å². The largest absolute Gasteiger partial charge is 0.355 e. The minimum absolute atomic E-state index is 0.0201. The molecule has 1 aromatic rings. The Morgan fingerprint density at radius 2 is 2.13 bits per heavy atom. The number of hydrogen-bond donors (Lipinski definition) is 3. The number of benzene rings is 1. The third kappa shape index (κ3) is 5.49. The second-order valence-electron chi connectivity index (χ2n) is 5.68. The van der Waals surface area contributed by atoms with Gasteiger partial charge >= 0.3 is 0 Å². The Kier molecular flexibility index (Phi) is 6.83. The van der Waals surface area contributed by atoms with E-state index in [1.807, 2.05) is 17.0 Å². The number of nitrogens with one attached hydrogen (secondary N) is 2. The molecule has 1 aliphatic rings. The first-order valence-electron chi connectivity index (χ1n) is 7.84. The van der Waals surface area contributed by atoms with Gasteiger partial charge in [0.05, 0.1) is 23.2 Å². The summed E-state index contributed by atoms with van der Waals surface area (Å²) in [4.78, 5) is 26.2. The van der Waals surface area contributed by atoms with E-state index in [0.717, 1.165) is 19.4 Å². The fraction of sp³-hybridized carbons (Fsp3) is 0.500. The second kappa shape index (κ2) is 8.86. The quantitative estimate of drug-likeness (QED) is 0.724. The fourth-order valence-corrected chi connectivity index (χ4v) is 2.89. The number of carbonyl (C=O) groups is 2. The summed E-state index contributed by atoms with van der Waals surface area (Å²) in [6, 6.07) is 7.13. The van der Waals surface area contributed by atoms with Crippen molar-refractivity contribution in [2.24, 2.45) is 11.7 Å². The zero-order valence-electron chi connectivity index (χ0n) is 13.1. The van der Waals surface area contributed by atoms with E-state index >= 15 is 0 Å². The van der Waals surface area contributed by atoms with Gasteiger partial charge in [0.1, 0.15) is 0 Å². The van der Waals surface area contributed by atoms with E-state index in [0.29, 0.717) is 30.3 Å². The minimum atomic E-state index is -0.124. The lowest BCUT2D eigenvalue weighted by Crippen LogP contribution is -2.46. The predicted octanol–water partition coefficient (Wildman–Crippen LogP) is 1.07. The highest BCUT2D eigenvalue weighted by Gasteiger charge is 2.26. The van der Waals surface area contributed by atoms with E-state index in [1.165, 1.54) is 0 Å². The molecule has 126 valence electrons. The molecular weight excluding hydrogens is 316 g/mol. The molecule has 2 rings (SSSR count). The van der Waals surface area contributed by atoms with Crippen molar-refractivity contribution in [3.8, 4) is 0 Å². The van der Waals surface area contributed by atoms with Crippen molar-refractivity contribution in [3.05, 3.63) is 29.3 Å². The van der Waals surface area contributed by atoms with Gasteiger partial charge in [0.2, 0.25) is 11.8 Å². The van der Waals surface area contributed by atoms with E-state index in [-0.39, 0.29) is 24.3 Å². The molecule has 0 aromatic heterocycles. The molecule has 0 bridgehead atoms. The number of hydrogen-bond acceptors (Lipinski definition) is 4. The van der Waals surface area contributed by atoms with Crippen LogP contribution in [0, 0.1) is 5.92 Å². The summed E-state index contributed by atoms with van der Waals surface area (Å²) in [6.07, 6.45) is 1.75. The van der Waals surface area contributed by atoms with Gasteiger partial charge in [-0.25, -0.2) is 0 Å². The summed E-state index contributed by atoms with van der Waals surface area (Å²) in [7, 11) is 0. The summed E-state index contributed by atoms with van der Waals surface area (Å²) in [5.41, 5.74) is 6.00. The van der Waals surface area contributed by atoms with Gasteiger partial charge in [0.15, 0.2) is 0 Å². The molecule has 1 atom stereocenters. The zero-order valence-corrected chi connectivity index (χ0v) is 13.8. The number of nitrogens with zero attached hydrogens (tertiary/aromatic N) is 1. The molecule has 0 spiro atoms. The number of halogens is 1. The van der Waals surface area contributed by atoms with E-state index < -0.39 is 0 Å². The lowest BCUT2D eigenvalue weighted by atomic mass is 9.97. The molecule has 1 heterocycles. The Labute approximate surface area is 141 Å². The van der Waals surface area contributed by atoms with Gasteiger partial charge in [-0.05, 0) is 31.5 Å². The maximum Gasteiger partial charge on any atom is 0.238 e. The van der Waals surface area contributed by atoms with Crippen molar-refractivity contribution >= 4 is 29.1 Å². The first-order chi connectivity index (χ1) is 11.1. The molecule has 7 heteroatoms. The average Bonchev–Trinajstić information content (AvgIpc) is 2.55. The molecule has 1 saturated heterocycles. The number of rotatable bonds is 6. The SMILES string of the molecule is NCCNC(=O)C1CCCN(CC(=O)Nc2ccccc2Cl)C1. The number of anilines is 1.